The smallest absolute Gasteiger partial charge is 0.192 e. The monoisotopic (exact) mass is 244 g/mol. The van der Waals surface area contributed by atoms with Gasteiger partial charge >= 0.3 is 0 Å². The Balaban J connectivity index is 2.38. The predicted octanol–water partition coefficient (Wildman–Crippen LogP) is 2.94. The Labute approximate surface area is 99.9 Å². The second-order valence-corrected chi connectivity index (χ2v) is 10.6. The third kappa shape index (κ3) is 3.42. The van der Waals surface area contributed by atoms with Crippen LogP contribution in [0.2, 0.25) is 18.1 Å². The Morgan fingerprint density at radius 1 is 1.44 bits per heavy atom. The molecule has 0 amide bonds. The van der Waals surface area contributed by atoms with Gasteiger partial charge in [-0.3, -0.25) is 0 Å². The predicted molar refractivity (Wildman–Crippen MR) is 68.0 cm³/mol. The van der Waals surface area contributed by atoms with Crippen LogP contribution in [0, 0.1) is 0 Å². The number of ether oxygens (including phenoxy) is 2. The molecule has 0 N–H and O–H groups in total. The van der Waals surface area contributed by atoms with Gasteiger partial charge in [0.1, 0.15) is 6.10 Å². The van der Waals surface area contributed by atoms with E-state index in [2.05, 4.69) is 40.4 Å². The summed E-state index contributed by atoms with van der Waals surface area (Å²) in [5.41, 5.74) is 0. The van der Waals surface area contributed by atoms with Crippen LogP contribution < -0.4 is 0 Å². The fourth-order valence-electron chi connectivity index (χ4n) is 1.20. The molecule has 0 aromatic carbocycles. The van der Waals surface area contributed by atoms with Gasteiger partial charge in [0.15, 0.2) is 14.6 Å². The molecule has 1 heterocycles. The maximum Gasteiger partial charge on any atom is 0.192 e. The van der Waals surface area contributed by atoms with Gasteiger partial charge in [0, 0.05) is 0 Å². The van der Waals surface area contributed by atoms with Crippen LogP contribution in [0.1, 0.15) is 20.8 Å². The second kappa shape index (κ2) is 5.00. The summed E-state index contributed by atoms with van der Waals surface area (Å²) >= 11 is 0. The third-order valence-electron chi connectivity index (χ3n) is 3.40. The first-order valence-corrected chi connectivity index (χ1v) is 8.70. The summed E-state index contributed by atoms with van der Waals surface area (Å²) in [5.74, 6) is 0. The Morgan fingerprint density at radius 2 is 2.06 bits per heavy atom. The molecule has 0 aliphatic carbocycles. The lowest BCUT2D eigenvalue weighted by atomic mass is 10.2. The fraction of sp³-hybridized carbons (Fsp3) is 0.833. The van der Waals surface area contributed by atoms with Gasteiger partial charge < -0.3 is 13.9 Å². The third-order valence-corrected chi connectivity index (χ3v) is 7.90. The van der Waals surface area contributed by atoms with E-state index in [1.54, 1.807) is 6.08 Å². The lowest BCUT2D eigenvalue weighted by molar-refractivity contribution is -0.0284. The molecule has 0 aromatic rings. The van der Waals surface area contributed by atoms with E-state index in [0.29, 0.717) is 13.2 Å². The molecule has 0 radical (unpaired) electrons. The molecule has 3 nitrogen and oxygen atoms in total. The highest BCUT2D eigenvalue weighted by Crippen LogP contribution is 2.36. The number of rotatable bonds is 4. The Kier molecular flexibility index (Phi) is 4.34. The van der Waals surface area contributed by atoms with E-state index >= 15 is 0 Å². The summed E-state index contributed by atoms with van der Waals surface area (Å²) in [6, 6.07) is 0. The van der Waals surface area contributed by atoms with Gasteiger partial charge in [-0.05, 0) is 24.2 Å². The van der Waals surface area contributed by atoms with E-state index in [1.807, 2.05) is 0 Å². The van der Waals surface area contributed by atoms with Crippen LogP contribution in [-0.2, 0) is 13.9 Å². The molecule has 0 aromatic heterocycles. The summed E-state index contributed by atoms with van der Waals surface area (Å²) in [5, 5.41) is 0.240. The zero-order chi connectivity index (χ0) is 12.4. The minimum Gasteiger partial charge on any atom is -0.414 e. The summed E-state index contributed by atoms with van der Waals surface area (Å²) in [6.07, 6.45) is 1.47. The van der Waals surface area contributed by atoms with Crippen LogP contribution >= 0.6 is 0 Å². The minimum atomic E-state index is -1.67. The van der Waals surface area contributed by atoms with Crippen molar-refractivity contribution in [2.24, 2.45) is 0 Å². The number of hydrogen-bond donors (Lipinski definition) is 0. The molecule has 4 heteroatoms. The molecule has 0 saturated carbocycles. The van der Waals surface area contributed by atoms with Gasteiger partial charge in [0.05, 0.1) is 13.2 Å². The minimum absolute atomic E-state index is 0.0529. The number of hydrogen-bond acceptors (Lipinski definition) is 3. The lowest BCUT2D eigenvalue weighted by Crippen LogP contribution is -2.43. The molecule has 1 fully saturated rings. The second-order valence-electron chi connectivity index (χ2n) is 5.77. The molecule has 0 bridgehead atoms. The standard InChI is InChI=1S/C12H24O3Si/c1-7-11-13-8-10(15-11)9-14-16(5,6)12(2,3)4/h7,10-11H,1,8-9H2,2-6H3. The van der Waals surface area contributed by atoms with E-state index in [1.165, 1.54) is 0 Å². The molecule has 1 saturated heterocycles. The van der Waals surface area contributed by atoms with Crippen molar-refractivity contribution in [1.29, 1.82) is 0 Å². The Morgan fingerprint density at radius 3 is 2.50 bits per heavy atom. The van der Waals surface area contributed by atoms with Gasteiger partial charge in [0.25, 0.3) is 0 Å². The molecule has 2 atom stereocenters. The van der Waals surface area contributed by atoms with Crippen molar-refractivity contribution in [3.05, 3.63) is 12.7 Å². The molecule has 0 spiro atoms. The Bertz CT molecular complexity index is 245. The van der Waals surface area contributed by atoms with Crippen molar-refractivity contribution in [2.75, 3.05) is 13.2 Å². The van der Waals surface area contributed by atoms with Gasteiger partial charge in [-0.25, -0.2) is 0 Å². The van der Waals surface area contributed by atoms with E-state index in [9.17, 15) is 0 Å². The van der Waals surface area contributed by atoms with Crippen molar-refractivity contribution in [1.82, 2.24) is 0 Å². The van der Waals surface area contributed by atoms with Crippen LogP contribution in [0.5, 0.6) is 0 Å². The maximum absolute atomic E-state index is 6.07. The highest BCUT2D eigenvalue weighted by Gasteiger charge is 2.38. The normalized spacial score (nSPS) is 27.1. The van der Waals surface area contributed by atoms with Gasteiger partial charge in [-0.1, -0.05) is 27.4 Å². The van der Waals surface area contributed by atoms with Crippen LogP contribution in [0.15, 0.2) is 12.7 Å². The first kappa shape index (κ1) is 13.9. The van der Waals surface area contributed by atoms with E-state index in [-0.39, 0.29) is 17.4 Å². The zero-order valence-electron chi connectivity index (χ0n) is 11.1. The molecule has 1 aliphatic heterocycles. The topological polar surface area (TPSA) is 27.7 Å². The summed E-state index contributed by atoms with van der Waals surface area (Å²) < 4.78 is 17.0. The average molecular weight is 244 g/mol. The molecule has 2 unspecified atom stereocenters. The molecule has 94 valence electrons. The molecular formula is C12H24O3Si. The summed E-state index contributed by atoms with van der Waals surface area (Å²) in [4.78, 5) is 0. The highest BCUT2D eigenvalue weighted by molar-refractivity contribution is 6.74. The van der Waals surface area contributed by atoms with Gasteiger partial charge in [-0.15, -0.1) is 0 Å². The molecule has 1 aliphatic rings. The SMILES string of the molecule is C=CC1OCC(CO[Si](C)(C)C(C)(C)C)O1. The van der Waals surface area contributed by atoms with E-state index in [0.717, 1.165) is 0 Å². The van der Waals surface area contributed by atoms with Crippen LogP contribution in [0.25, 0.3) is 0 Å². The van der Waals surface area contributed by atoms with Gasteiger partial charge in [0.2, 0.25) is 0 Å². The van der Waals surface area contributed by atoms with Crippen LogP contribution in [0.4, 0.5) is 0 Å². The van der Waals surface area contributed by atoms with Crippen molar-refractivity contribution in [2.45, 2.75) is 51.3 Å². The van der Waals surface area contributed by atoms with Crippen LogP contribution in [0.3, 0.4) is 0 Å². The summed E-state index contributed by atoms with van der Waals surface area (Å²) in [7, 11) is -1.67. The molecule has 16 heavy (non-hydrogen) atoms. The van der Waals surface area contributed by atoms with Crippen molar-refractivity contribution in [3.8, 4) is 0 Å². The Hall–Kier alpha value is -0.163. The van der Waals surface area contributed by atoms with Crippen molar-refractivity contribution < 1.29 is 13.9 Å². The fourth-order valence-corrected chi connectivity index (χ4v) is 2.23. The largest absolute Gasteiger partial charge is 0.414 e. The van der Waals surface area contributed by atoms with Gasteiger partial charge in [-0.2, -0.15) is 0 Å². The van der Waals surface area contributed by atoms with E-state index < -0.39 is 8.32 Å². The highest BCUT2D eigenvalue weighted by atomic mass is 28.4. The van der Waals surface area contributed by atoms with Crippen molar-refractivity contribution >= 4 is 8.32 Å². The van der Waals surface area contributed by atoms with Crippen molar-refractivity contribution in [3.63, 3.8) is 0 Å². The lowest BCUT2D eigenvalue weighted by Gasteiger charge is -2.36. The van der Waals surface area contributed by atoms with Crippen LogP contribution in [-0.4, -0.2) is 33.9 Å². The molecule has 1 rings (SSSR count). The quantitative estimate of drug-likeness (QED) is 0.562. The summed E-state index contributed by atoms with van der Waals surface area (Å²) in [6.45, 7) is 16.1. The zero-order valence-corrected chi connectivity index (χ0v) is 12.1. The van der Waals surface area contributed by atoms with E-state index in [4.69, 9.17) is 13.9 Å². The first-order valence-electron chi connectivity index (χ1n) is 5.80. The maximum atomic E-state index is 6.07. The first-order chi connectivity index (χ1) is 7.26. The molecular weight excluding hydrogens is 220 g/mol. The average Bonchev–Trinajstić information content (AvgIpc) is 2.60.